The van der Waals surface area contributed by atoms with Crippen molar-refractivity contribution in [1.29, 1.82) is 0 Å². The van der Waals surface area contributed by atoms with Crippen molar-refractivity contribution < 1.29 is 9.13 Å². The van der Waals surface area contributed by atoms with E-state index in [1.165, 1.54) is 12.1 Å². The molecule has 5 nitrogen and oxygen atoms in total. The number of benzene rings is 1. The first-order chi connectivity index (χ1) is 14.2. The lowest BCUT2D eigenvalue weighted by Gasteiger charge is -2.23. The van der Waals surface area contributed by atoms with Gasteiger partial charge in [0.25, 0.3) is 0 Å². The van der Waals surface area contributed by atoms with E-state index in [9.17, 15) is 4.39 Å². The van der Waals surface area contributed by atoms with Gasteiger partial charge in [-0.05, 0) is 48.7 Å². The summed E-state index contributed by atoms with van der Waals surface area (Å²) in [6, 6.07) is 14.5. The van der Waals surface area contributed by atoms with Gasteiger partial charge in [0, 0.05) is 37.6 Å². The third-order valence-corrected chi connectivity index (χ3v) is 5.12. The van der Waals surface area contributed by atoms with Gasteiger partial charge in [0.15, 0.2) is 0 Å². The van der Waals surface area contributed by atoms with E-state index in [1.807, 2.05) is 30.3 Å². The normalized spacial score (nSPS) is 14.6. The average Bonchev–Trinajstić information content (AvgIpc) is 2.75. The van der Waals surface area contributed by atoms with E-state index in [4.69, 9.17) is 16.3 Å². The largest absolute Gasteiger partial charge is 0.381 e. The molecule has 2 N–H and O–H groups in total. The summed E-state index contributed by atoms with van der Waals surface area (Å²) in [4.78, 5) is 9.07. The van der Waals surface area contributed by atoms with Gasteiger partial charge in [0.1, 0.15) is 17.5 Å². The molecule has 0 unspecified atom stereocenters. The fourth-order valence-electron chi connectivity index (χ4n) is 3.29. The Morgan fingerprint density at radius 2 is 1.90 bits per heavy atom. The van der Waals surface area contributed by atoms with E-state index in [2.05, 4.69) is 20.6 Å². The van der Waals surface area contributed by atoms with Crippen LogP contribution in [0.15, 0.2) is 54.7 Å². The summed E-state index contributed by atoms with van der Waals surface area (Å²) in [6.07, 6.45) is 3.56. The smallest absolute Gasteiger partial charge is 0.126 e. The lowest BCUT2D eigenvalue weighted by Crippen LogP contribution is -2.28. The molecule has 1 aliphatic heterocycles. The summed E-state index contributed by atoms with van der Waals surface area (Å²) >= 11 is 6.40. The van der Waals surface area contributed by atoms with Crippen LogP contribution in [0.5, 0.6) is 0 Å². The molecule has 0 bridgehead atoms. The van der Waals surface area contributed by atoms with Gasteiger partial charge < -0.3 is 15.4 Å². The predicted octanol–water partition coefficient (Wildman–Crippen LogP) is 5.14. The number of anilines is 2. The molecule has 0 saturated carbocycles. The number of halogens is 2. The van der Waals surface area contributed by atoms with Crippen LogP contribution in [0.1, 0.15) is 18.4 Å². The van der Waals surface area contributed by atoms with E-state index in [0.29, 0.717) is 23.4 Å². The molecule has 29 heavy (non-hydrogen) atoms. The van der Waals surface area contributed by atoms with Crippen LogP contribution in [-0.2, 0) is 11.3 Å². The van der Waals surface area contributed by atoms with Crippen LogP contribution in [0.3, 0.4) is 0 Å². The van der Waals surface area contributed by atoms with Crippen LogP contribution < -0.4 is 10.6 Å². The number of rotatable bonds is 6. The number of nitrogens with one attached hydrogen (secondary N) is 2. The lowest BCUT2D eigenvalue weighted by molar-refractivity contribution is 0.0904. The Labute approximate surface area is 174 Å². The molecule has 1 aromatic carbocycles. The van der Waals surface area contributed by atoms with Gasteiger partial charge in [0.2, 0.25) is 0 Å². The highest BCUT2D eigenvalue weighted by Gasteiger charge is 2.15. The Hall–Kier alpha value is -2.70. The summed E-state index contributed by atoms with van der Waals surface area (Å²) in [5.74, 6) is 1.22. The van der Waals surface area contributed by atoms with E-state index in [-0.39, 0.29) is 5.82 Å². The van der Waals surface area contributed by atoms with Crippen molar-refractivity contribution in [3.63, 3.8) is 0 Å². The molecule has 0 spiro atoms. The summed E-state index contributed by atoms with van der Waals surface area (Å²) in [5, 5.41) is 7.23. The van der Waals surface area contributed by atoms with E-state index in [1.54, 1.807) is 12.3 Å². The number of ether oxygens (including phenoxy) is 1. The van der Waals surface area contributed by atoms with Gasteiger partial charge >= 0.3 is 0 Å². The first-order valence-electron chi connectivity index (χ1n) is 9.63. The maximum atomic E-state index is 13.4. The Morgan fingerprint density at radius 3 is 2.72 bits per heavy atom. The van der Waals surface area contributed by atoms with Crippen LogP contribution in [0.2, 0.25) is 5.02 Å². The Balaban J connectivity index is 1.50. The zero-order valence-electron chi connectivity index (χ0n) is 15.9. The third-order valence-electron chi connectivity index (χ3n) is 4.82. The molecule has 1 fully saturated rings. The number of hydrogen-bond donors (Lipinski definition) is 2. The zero-order valence-corrected chi connectivity index (χ0v) is 16.6. The quantitative estimate of drug-likeness (QED) is 0.587. The van der Waals surface area contributed by atoms with Gasteiger partial charge in [-0.25, -0.2) is 14.4 Å². The zero-order chi connectivity index (χ0) is 20.1. The van der Waals surface area contributed by atoms with Gasteiger partial charge in [0.05, 0.1) is 10.7 Å². The maximum absolute atomic E-state index is 13.4. The third kappa shape index (κ3) is 5.22. The maximum Gasteiger partial charge on any atom is 0.126 e. The first-order valence-corrected chi connectivity index (χ1v) is 10.0. The minimum absolute atomic E-state index is 0.251. The summed E-state index contributed by atoms with van der Waals surface area (Å²) in [5.41, 5.74) is 2.41. The summed E-state index contributed by atoms with van der Waals surface area (Å²) < 4.78 is 18.8. The Morgan fingerprint density at radius 1 is 1.07 bits per heavy atom. The molecule has 0 atom stereocenters. The standard InChI is InChI=1S/C22H22ClFN4O/c23-19-14-26-22(27-17-7-9-29-10-8-17)12-18(19)20-5-2-6-21(28-20)25-13-15-3-1-4-16(24)11-15/h1-6,11-12,14,17H,7-10,13H2,(H,25,28)(H,26,27). The van der Waals surface area contributed by atoms with E-state index < -0.39 is 0 Å². The van der Waals surface area contributed by atoms with Crippen LogP contribution in [0.25, 0.3) is 11.3 Å². The fourth-order valence-corrected chi connectivity index (χ4v) is 3.49. The number of pyridine rings is 2. The van der Waals surface area contributed by atoms with Crippen molar-refractivity contribution >= 4 is 23.2 Å². The molecule has 1 aliphatic rings. The van der Waals surface area contributed by atoms with Crippen molar-refractivity contribution in [2.45, 2.75) is 25.4 Å². The molecule has 150 valence electrons. The molecule has 7 heteroatoms. The summed E-state index contributed by atoms with van der Waals surface area (Å²) in [7, 11) is 0. The van der Waals surface area contributed by atoms with Crippen molar-refractivity contribution in [2.75, 3.05) is 23.8 Å². The second-order valence-electron chi connectivity index (χ2n) is 6.97. The second-order valence-corrected chi connectivity index (χ2v) is 7.38. The van der Waals surface area contributed by atoms with Gasteiger partial charge in [-0.15, -0.1) is 0 Å². The predicted molar refractivity (Wildman–Crippen MR) is 114 cm³/mol. The molecule has 0 amide bonds. The SMILES string of the molecule is Fc1cccc(CNc2cccc(-c3cc(NC4CCOCC4)ncc3Cl)n2)c1. The number of hydrogen-bond acceptors (Lipinski definition) is 5. The topological polar surface area (TPSA) is 59.1 Å². The minimum atomic E-state index is -0.251. The van der Waals surface area contributed by atoms with E-state index in [0.717, 1.165) is 48.7 Å². The van der Waals surface area contributed by atoms with Crippen molar-refractivity contribution in [2.24, 2.45) is 0 Å². The molecule has 2 aromatic heterocycles. The van der Waals surface area contributed by atoms with Gasteiger partial charge in [-0.3, -0.25) is 0 Å². The molecular formula is C22H22ClFN4O. The minimum Gasteiger partial charge on any atom is -0.381 e. The number of nitrogens with zero attached hydrogens (tertiary/aromatic N) is 2. The van der Waals surface area contributed by atoms with Crippen molar-refractivity contribution in [1.82, 2.24) is 9.97 Å². The van der Waals surface area contributed by atoms with Crippen LogP contribution >= 0.6 is 11.6 Å². The van der Waals surface area contributed by atoms with Crippen molar-refractivity contribution in [3.8, 4) is 11.3 Å². The number of aromatic nitrogens is 2. The molecular weight excluding hydrogens is 391 g/mol. The lowest BCUT2D eigenvalue weighted by atomic mass is 10.1. The van der Waals surface area contributed by atoms with Crippen molar-refractivity contribution in [3.05, 3.63) is 71.1 Å². The van der Waals surface area contributed by atoms with Crippen LogP contribution in [0.4, 0.5) is 16.0 Å². The van der Waals surface area contributed by atoms with E-state index >= 15 is 0 Å². The molecule has 3 aromatic rings. The molecule has 0 radical (unpaired) electrons. The van der Waals surface area contributed by atoms with Crippen LogP contribution in [0, 0.1) is 5.82 Å². The molecule has 3 heterocycles. The first kappa shape index (κ1) is 19.6. The molecule has 1 saturated heterocycles. The highest BCUT2D eigenvalue weighted by atomic mass is 35.5. The highest BCUT2D eigenvalue weighted by Crippen LogP contribution is 2.29. The van der Waals surface area contributed by atoms with Gasteiger partial charge in [-0.1, -0.05) is 29.8 Å². The Bertz CT molecular complexity index is 979. The Kier molecular flexibility index (Phi) is 6.22. The monoisotopic (exact) mass is 412 g/mol. The highest BCUT2D eigenvalue weighted by molar-refractivity contribution is 6.33. The summed E-state index contributed by atoms with van der Waals surface area (Å²) in [6.45, 7) is 2.01. The fraction of sp³-hybridized carbons (Fsp3) is 0.273. The molecule has 0 aliphatic carbocycles. The van der Waals surface area contributed by atoms with Gasteiger partial charge in [-0.2, -0.15) is 0 Å². The molecule has 4 rings (SSSR count). The second kappa shape index (κ2) is 9.20. The van der Waals surface area contributed by atoms with Crippen LogP contribution in [-0.4, -0.2) is 29.2 Å². The average molecular weight is 413 g/mol.